The summed E-state index contributed by atoms with van der Waals surface area (Å²) in [7, 11) is 1.54. The highest BCUT2D eigenvalue weighted by molar-refractivity contribution is 6.31. The lowest BCUT2D eigenvalue weighted by Crippen LogP contribution is -2.12. The number of aryl methyl sites for hydroxylation is 1. The Labute approximate surface area is 206 Å². The number of ether oxygens (including phenoxy) is 1. The lowest BCUT2D eigenvalue weighted by molar-refractivity contribution is -0.116. The van der Waals surface area contributed by atoms with E-state index in [0.717, 1.165) is 38.8 Å². The molecule has 2 aromatic heterocycles. The summed E-state index contributed by atoms with van der Waals surface area (Å²) in [6.07, 6.45) is 1.43. The van der Waals surface area contributed by atoms with Gasteiger partial charge in [0, 0.05) is 27.7 Å². The van der Waals surface area contributed by atoms with Gasteiger partial charge in [0.1, 0.15) is 11.6 Å². The molecule has 0 radical (unpaired) electrons. The molecule has 0 saturated carbocycles. The first-order valence-corrected chi connectivity index (χ1v) is 11.7. The first kappa shape index (κ1) is 22.9. The van der Waals surface area contributed by atoms with Crippen LogP contribution in [-0.2, 0) is 11.2 Å². The number of nitrogens with one attached hydrogen (secondary N) is 2. The second kappa shape index (κ2) is 9.76. The van der Waals surface area contributed by atoms with Crippen LogP contribution >= 0.6 is 11.6 Å². The van der Waals surface area contributed by atoms with E-state index in [9.17, 15) is 9.18 Å². The molecule has 3 aromatic carbocycles. The number of carbonyl (C=O) groups is 1. The number of H-pyrrole nitrogens is 1. The lowest BCUT2D eigenvalue weighted by Gasteiger charge is -2.11. The van der Waals surface area contributed by atoms with Crippen LogP contribution < -0.4 is 10.1 Å². The maximum absolute atomic E-state index is 14.1. The SMILES string of the molecule is COc1ccc(Cl)cc1NC(=O)CCCc1c(-c2ccc3ccccc3n2)[nH]c2ccc(F)cc12. The summed E-state index contributed by atoms with van der Waals surface area (Å²) in [5.74, 6) is 0.0862. The number of anilines is 1. The Morgan fingerprint density at radius 3 is 2.80 bits per heavy atom. The molecule has 2 heterocycles. The quantitative estimate of drug-likeness (QED) is 0.256. The summed E-state index contributed by atoms with van der Waals surface area (Å²) < 4.78 is 19.4. The van der Waals surface area contributed by atoms with E-state index in [1.807, 2.05) is 36.4 Å². The van der Waals surface area contributed by atoms with Gasteiger partial charge < -0.3 is 15.0 Å². The van der Waals surface area contributed by atoms with Gasteiger partial charge in [0.2, 0.25) is 5.91 Å². The van der Waals surface area contributed by atoms with E-state index >= 15 is 0 Å². The first-order valence-electron chi connectivity index (χ1n) is 11.3. The number of aromatic nitrogens is 2. The number of hydrogen-bond acceptors (Lipinski definition) is 3. The van der Waals surface area contributed by atoms with Crippen molar-refractivity contribution in [3.63, 3.8) is 0 Å². The van der Waals surface area contributed by atoms with Crippen LogP contribution in [0.1, 0.15) is 18.4 Å². The molecule has 0 spiro atoms. The number of benzene rings is 3. The van der Waals surface area contributed by atoms with Gasteiger partial charge in [-0.3, -0.25) is 4.79 Å². The standard InChI is InChI=1S/C28H23ClFN3O2/c1-35-26-14-10-18(29)15-25(26)32-27(34)8-4-6-20-21-16-19(30)11-13-23(21)33-28(20)24-12-9-17-5-2-3-7-22(17)31-24/h2-3,5,7,9-16,33H,4,6,8H2,1H3,(H,32,34). The minimum atomic E-state index is -0.304. The number of hydrogen-bond donors (Lipinski definition) is 2. The maximum atomic E-state index is 14.1. The number of methoxy groups -OCH3 is 1. The Hall–Kier alpha value is -3.90. The lowest BCUT2D eigenvalue weighted by atomic mass is 10.0. The molecule has 0 unspecified atom stereocenters. The highest BCUT2D eigenvalue weighted by Crippen LogP contribution is 2.33. The fraction of sp³-hybridized carbons (Fsp3) is 0.143. The molecule has 2 N–H and O–H groups in total. The Morgan fingerprint density at radius 2 is 1.94 bits per heavy atom. The minimum Gasteiger partial charge on any atom is -0.495 e. The topological polar surface area (TPSA) is 67.0 Å². The average molecular weight is 488 g/mol. The van der Waals surface area contributed by atoms with Gasteiger partial charge in [-0.05, 0) is 66.9 Å². The van der Waals surface area contributed by atoms with Gasteiger partial charge in [-0.25, -0.2) is 9.37 Å². The zero-order valence-corrected chi connectivity index (χ0v) is 19.8. The number of nitrogens with zero attached hydrogens (tertiary/aromatic N) is 1. The minimum absolute atomic E-state index is 0.151. The molecule has 0 aliphatic rings. The summed E-state index contributed by atoms with van der Waals surface area (Å²) in [4.78, 5) is 20.9. The number of rotatable bonds is 7. The molecule has 0 saturated heterocycles. The van der Waals surface area contributed by atoms with Crippen LogP contribution in [0.5, 0.6) is 5.75 Å². The summed E-state index contributed by atoms with van der Waals surface area (Å²) in [5, 5.41) is 5.22. The molecule has 176 valence electrons. The van der Waals surface area contributed by atoms with Crippen molar-refractivity contribution >= 4 is 45.0 Å². The van der Waals surface area contributed by atoms with Gasteiger partial charge in [-0.15, -0.1) is 0 Å². The Kier molecular flexibility index (Phi) is 6.38. The highest BCUT2D eigenvalue weighted by atomic mass is 35.5. The number of halogens is 2. The van der Waals surface area contributed by atoms with Crippen molar-refractivity contribution in [1.29, 1.82) is 0 Å². The van der Waals surface area contributed by atoms with Crippen molar-refractivity contribution in [1.82, 2.24) is 9.97 Å². The number of pyridine rings is 1. The largest absolute Gasteiger partial charge is 0.495 e. The number of carbonyl (C=O) groups excluding carboxylic acids is 1. The molecule has 35 heavy (non-hydrogen) atoms. The van der Waals surface area contributed by atoms with Crippen molar-refractivity contribution in [2.45, 2.75) is 19.3 Å². The smallest absolute Gasteiger partial charge is 0.224 e. The van der Waals surface area contributed by atoms with Gasteiger partial charge in [-0.1, -0.05) is 35.9 Å². The van der Waals surface area contributed by atoms with Gasteiger partial charge >= 0.3 is 0 Å². The maximum Gasteiger partial charge on any atom is 0.224 e. The van der Waals surface area contributed by atoms with Gasteiger partial charge in [0.25, 0.3) is 0 Å². The van der Waals surface area contributed by atoms with E-state index in [-0.39, 0.29) is 18.1 Å². The Morgan fingerprint density at radius 1 is 1.09 bits per heavy atom. The fourth-order valence-electron chi connectivity index (χ4n) is 4.32. The molecule has 1 amide bonds. The van der Waals surface area contributed by atoms with Crippen molar-refractivity contribution in [2.24, 2.45) is 0 Å². The Balaban J connectivity index is 1.40. The summed E-state index contributed by atoms with van der Waals surface area (Å²) in [5.41, 5.74) is 4.81. The van der Waals surface area contributed by atoms with Crippen LogP contribution in [0.2, 0.25) is 5.02 Å². The summed E-state index contributed by atoms with van der Waals surface area (Å²) in [6, 6.07) is 21.7. The number of fused-ring (bicyclic) bond motifs is 2. The van der Waals surface area contributed by atoms with E-state index in [1.54, 1.807) is 24.3 Å². The molecule has 0 aliphatic heterocycles. The van der Waals surface area contributed by atoms with Gasteiger partial charge in [0.15, 0.2) is 0 Å². The second-order valence-corrected chi connectivity index (χ2v) is 8.74. The third-order valence-corrected chi connectivity index (χ3v) is 6.22. The molecule has 0 atom stereocenters. The molecular weight excluding hydrogens is 465 g/mol. The molecule has 0 bridgehead atoms. The summed E-state index contributed by atoms with van der Waals surface area (Å²) >= 11 is 6.06. The van der Waals surface area contributed by atoms with E-state index < -0.39 is 0 Å². The molecule has 7 heteroatoms. The van der Waals surface area contributed by atoms with E-state index in [4.69, 9.17) is 21.3 Å². The third-order valence-electron chi connectivity index (χ3n) is 5.99. The summed E-state index contributed by atoms with van der Waals surface area (Å²) in [6.45, 7) is 0. The molecule has 0 aliphatic carbocycles. The predicted molar refractivity (Wildman–Crippen MR) is 139 cm³/mol. The third kappa shape index (κ3) is 4.84. The number of aromatic amines is 1. The highest BCUT2D eigenvalue weighted by Gasteiger charge is 2.16. The molecule has 5 rings (SSSR count). The van der Waals surface area contributed by atoms with Gasteiger partial charge in [0.05, 0.1) is 29.7 Å². The first-order chi connectivity index (χ1) is 17.0. The monoisotopic (exact) mass is 487 g/mol. The van der Waals surface area contributed by atoms with Crippen LogP contribution in [-0.4, -0.2) is 23.0 Å². The normalized spacial score (nSPS) is 11.2. The number of amides is 1. The van der Waals surface area contributed by atoms with Gasteiger partial charge in [-0.2, -0.15) is 0 Å². The molecule has 0 fully saturated rings. The zero-order valence-electron chi connectivity index (χ0n) is 19.1. The van der Waals surface area contributed by atoms with Crippen LogP contribution in [0, 0.1) is 5.82 Å². The second-order valence-electron chi connectivity index (χ2n) is 8.30. The number of para-hydroxylation sites is 1. The fourth-order valence-corrected chi connectivity index (χ4v) is 4.49. The van der Waals surface area contributed by atoms with Crippen LogP contribution in [0.3, 0.4) is 0 Å². The van der Waals surface area contributed by atoms with Crippen molar-refractivity contribution in [3.05, 3.63) is 89.2 Å². The molecule has 5 aromatic rings. The van der Waals surface area contributed by atoms with Crippen molar-refractivity contribution < 1.29 is 13.9 Å². The van der Waals surface area contributed by atoms with E-state index in [2.05, 4.69) is 10.3 Å². The average Bonchev–Trinajstić information content (AvgIpc) is 3.21. The van der Waals surface area contributed by atoms with Crippen LogP contribution in [0.25, 0.3) is 33.2 Å². The van der Waals surface area contributed by atoms with Crippen molar-refractivity contribution in [2.75, 3.05) is 12.4 Å². The predicted octanol–water partition coefficient (Wildman–Crippen LogP) is 7.15. The zero-order chi connectivity index (χ0) is 24.4. The van der Waals surface area contributed by atoms with Crippen molar-refractivity contribution in [3.8, 4) is 17.1 Å². The van der Waals surface area contributed by atoms with Crippen LogP contribution in [0.15, 0.2) is 72.8 Å². The van der Waals surface area contributed by atoms with E-state index in [1.165, 1.54) is 19.2 Å². The van der Waals surface area contributed by atoms with E-state index in [0.29, 0.717) is 29.3 Å². The molecular formula is C28H23ClFN3O2. The molecule has 5 nitrogen and oxygen atoms in total. The van der Waals surface area contributed by atoms with Crippen LogP contribution in [0.4, 0.5) is 10.1 Å². The Bertz CT molecular complexity index is 1550.